The van der Waals surface area contributed by atoms with Crippen LogP contribution in [0.3, 0.4) is 0 Å². The zero-order chi connectivity index (χ0) is 19.6. The number of nitrogens with one attached hydrogen (secondary N) is 2. The Bertz CT molecular complexity index is 841. The molecule has 4 rings (SSSR count). The number of aliphatic hydroxyl groups is 1. The van der Waals surface area contributed by atoms with Crippen LogP contribution in [-0.4, -0.2) is 15.1 Å². The first kappa shape index (κ1) is 18.9. The highest BCUT2D eigenvalue weighted by Gasteiger charge is 2.37. The molecule has 27 heavy (non-hydrogen) atoms. The predicted octanol–water partition coefficient (Wildman–Crippen LogP) is 5.78. The summed E-state index contributed by atoms with van der Waals surface area (Å²) in [7, 11) is 0. The summed E-state index contributed by atoms with van der Waals surface area (Å²) in [5, 5.41) is 10.6. The van der Waals surface area contributed by atoms with Crippen molar-refractivity contribution in [1.82, 2.24) is 9.97 Å². The standard InChI is InChI=1S/C24H36N2O/c1-23(2,3)17-13-25-20-14(17)9-7-11-16(20)22-19(24(4,5)6)15-10-8-12-18(27)21(15)26-22/h13,16,18,25-27H,7-12H2,1-6H3. The maximum absolute atomic E-state index is 10.6. The summed E-state index contributed by atoms with van der Waals surface area (Å²) in [6.07, 6.45) is 8.55. The number of aromatic amines is 2. The molecule has 2 aromatic heterocycles. The van der Waals surface area contributed by atoms with Crippen molar-refractivity contribution in [1.29, 1.82) is 0 Å². The lowest BCUT2D eigenvalue weighted by Crippen LogP contribution is -2.21. The second-order valence-corrected chi connectivity index (χ2v) is 10.8. The molecule has 2 unspecified atom stereocenters. The molecule has 3 heteroatoms. The average molecular weight is 369 g/mol. The molecule has 0 fully saturated rings. The monoisotopic (exact) mass is 368 g/mol. The van der Waals surface area contributed by atoms with Gasteiger partial charge in [0, 0.05) is 29.2 Å². The van der Waals surface area contributed by atoms with Crippen LogP contribution in [0.4, 0.5) is 0 Å². The van der Waals surface area contributed by atoms with E-state index < -0.39 is 0 Å². The van der Waals surface area contributed by atoms with Gasteiger partial charge in [0.2, 0.25) is 0 Å². The molecule has 0 saturated carbocycles. The third-order valence-electron chi connectivity index (χ3n) is 6.60. The van der Waals surface area contributed by atoms with Gasteiger partial charge < -0.3 is 15.1 Å². The number of rotatable bonds is 1. The van der Waals surface area contributed by atoms with E-state index in [0.717, 1.165) is 25.0 Å². The molecule has 0 saturated heterocycles. The van der Waals surface area contributed by atoms with Gasteiger partial charge in [-0.3, -0.25) is 0 Å². The normalized spacial score (nSPS) is 23.2. The molecule has 0 amide bonds. The van der Waals surface area contributed by atoms with Crippen molar-refractivity contribution in [3.05, 3.63) is 45.5 Å². The molecule has 0 bridgehead atoms. The Morgan fingerprint density at radius 1 is 0.852 bits per heavy atom. The number of hydrogen-bond acceptors (Lipinski definition) is 1. The molecule has 0 spiro atoms. The zero-order valence-electron chi connectivity index (χ0n) is 17.9. The van der Waals surface area contributed by atoms with Gasteiger partial charge in [0.15, 0.2) is 0 Å². The molecule has 2 aliphatic carbocycles. The van der Waals surface area contributed by atoms with Crippen molar-refractivity contribution in [2.24, 2.45) is 0 Å². The van der Waals surface area contributed by atoms with Crippen LogP contribution in [-0.2, 0) is 23.7 Å². The lowest BCUT2D eigenvalue weighted by molar-refractivity contribution is 0.152. The number of H-pyrrole nitrogens is 2. The zero-order valence-corrected chi connectivity index (χ0v) is 17.9. The SMILES string of the molecule is CC(C)(C)c1c[nH]c2c1CCCC2c1[nH]c2c(c1C(C)(C)C)CCCC2O. The van der Waals surface area contributed by atoms with Crippen LogP contribution in [0.15, 0.2) is 6.20 Å². The molecule has 2 atom stereocenters. The molecule has 3 nitrogen and oxygen atoms in total. The van der Waals surface area contributed by atoms with Gasteiger partial charge in [-0.15, -0.1) is 0 Å². The Morgan fingerprint density at radius 3 is 2.19 bits per heavy atom. The van der Waals surface area contributed by atoms with Gasteiger partial charge in [-0.05, 0) is 71.6 Å². The molecule has 2 heterocycles. The third kappa shape index (κ3) is 3.08. The van der Waals surface area contributed by atoms with Crippen LogP contribution in [0, 0.1) is 0 Å². The predicted molar refractivity (Wildman–Crippen MR) is 112 cm³/mol. The maximum atomic E-state index is 10.6. The van der Waals surface area contributed by atoms with Crippen LogP contribution in [0.1, 0.15) is 119 Å². The Labute approximate surface area is 164 Å². The van der Waals surface area contributed by atoms with Crippen LogP contribution < -0.4 is 0 Å². The quantitative estimate of drug-likeness (QED) is 0.587. The lowest BCUT2D eigenvalue weighted by atomic mass is 9.74. The second-order valence-electron chi connectivity index (χ2n) is 10.8. The molecule has 0 radical (unpaired) electrons. The number of hydrogen-bond donors (Lipinski definition) is 3. The Balaban J connectivity index is 1.88. The highest BCUT2D eigenvalue weighted by atomic mass is 16.3. The van der Waals surface area contributed by atoms with Crippen molar-refractivity contribution in [2.75, 3.05) is 0 Å². The fraction of sp³-hybridized carbons (Fsp3) is 0.667. The van der Waals surface area contributed by atoms with Crippen molar-refractivity contribution < 1.29 is 5.11 Å². The van der Waals surface area contributed by atoms with Gasteiger partial charge in [0.05, 0.1) is 6.10 Å². The molecular weight excluding hydrogens is 332 g/mol. The summed E-state index contributed by atoms with van der Waals surface area (Å²) < 4.78 is 0. The van der Waals surface area contributed by atoms with Gasteiger partial charge >= 0.3 is 0 Å². The highest BCUT2D eigenvalue weighted by Crippen LogP contribution is 2.46. The van der Waals surface area contributed by atoms with Gasteiger partial charge in [0.1, 0.15) is 0 Å². The molecule has 3 N–H and O–H groups in total. The third-order valence-corrected chi connectivity index (χ3v) is 6.60. The number of fused-ring (bicyclic) bond motifs is 2. The fourth-order valence-electron chi connectivity index (χ4n) is 5.49. The van der Waals surface area contributed by atoms with Crippen LogP contribution in [0.2, 0.25) is 0 Å². The van der Waals surface area contributed by atoms with Gasteiger partial charge in [-0.1, -0.05) is 41.5 Å². The largest absolute Gasteiger partial charge is 0.387 e. The molecular formula is C24H36N2O. The van der Waals surface area contributed by atoms with Gasteiger partial charge in [0.25, 0.3) is 0 Å². The van der Waals surface area contributed by atoms with E-state index in [0.29, 0.717) is 5.92 Å². The van der Waals surface area contributed by atoms with Crippen molar-refractivity contribution in [2.45, 2.75) is 103 Å². The summed E-state index contributed by atoms with van der Waals surface area (Å²) in [5.74, 6) is 0.386. The first-order valence-electron chi connectivity index (χ1n) is 10.7. The molecule has 148 valence electrons. The minimum Gasteiger partial charge on any atom is -0.387 e. The van der Waals surface area contributed by atoms with Crippen molar-refractivity contribution in [3.8, 4) is 0 Å². The Morgan fingerprint density at radius 2 is 1.52 bits per heavy atom. The second kappa shape index (κ2) is 6.27. The van der Waals surface area contributed by atoms with E-state index in [-0.39, 0.29) is 16.9 Å². The summed E-state index contributed by atoms with van der Waals surface area (Å²) in [6, 6.07) is 0. The summed E-state index contributed by atoms with van der Waals surface area (Å²) in [6.45, 7) is 13.9. The van der Waals surface area contributed by atoms with Crippen molar-refractivity contribution >= 4 is 0 Å². The smallest absolute Gasteiger partial charge is 0.0940 e. The highest BCUT2D eigenvalue weighted by molar-refractivity contribution is 5.50. The topological polar surface area (TPSA) is 51.8 Å². The van der Waals surface area contributed by atoms with Crippen molar-refractivity contribution in [3.63, 3.8) is 0 Å². The van der Waals surface area contributed by atoms with E-state index in [1.165, 1.54) is 52.9 Å². The summed E-state index contributed by atoms with van der Waals surface area (Å²) in [5.41, 5.74) is 9.96. The number of aromatic nitrogens is 2. The molecule has 2 aromatic rings. The summed E-state index contributed by atoms with van der Waals surface area (Å²) >= 11 is 0. The van der Waals surface area contributed by atoms with E-state index in [1.54, 1.807) is 0 Å². The van der Waals surface area contributed by atoms with E-state index in [1.807, 2.05) is 0 Å². The minimum absolute atomic E-state index is 0.0769. The van der Waals surface area contributed by atoms with Gasteiger partial charge in [-0.25, -0.2) is 0 Å². The van der Waals surface area contributed by atoms with E-state index >= 15 is 0 Å². The lowest BCUT2D eigenvalue weighted by Gasteiger charge is -2.30. The molecule has 0 aliphatic heterocycles. The fourth-order valence-corrected chi connectivity index (χ4v) is 5.49. The maximum Gasteiger partial charge on any atom is 0.0940 e. The molecule has 0 aromatic carbocycles. The first-order valence-corrected chi connectivity index (χ1v) is 10.7. The average Bonchev–Trinajstić information content (AvgIpc) is 3.15. The van der Waals surface area contributed by atoms with Crippen LogP contribution >= 0.6 is 0 Å². The summed E-state index contributed by atoms with van der Waals surface area (Å²) in [4.78, 5) is 7.42. The Kier molecular flexibility index (Phi) is 4.38. The Hall–Kier alpha value is -1.48. The molecule has 2 aliphatic rings. The number of aliphatic hydroxyl groups excluding tert-OH is 1. The first-order chi connectivity index (χ1) is 12.6. The van der Waals surface area contributed by atoms with E-state index in [9.17, 15) is 5.11 Å². The van der Waals surface area contributed by atoms with Crippen LogP contribution in [0.25, 0.3) is 0 Å². The van der Waals surface area contributed by atoms with E-state index in [2.05, 4.69) is 57.7 Å². The van der Waals surface area contributed by atoms with Gasteiger partial charge in [-0.2, -0.15) is 0 Å². The minimum atomic E-state index is -0.333. The van der Waals surface area contributed by atoms with E-state index in [4.69, 9.17) is 0 Å². The van der Waals surface area contributed by atoms with Crippen LogP contribution in [0.5, 0.6) is 0 Å².